The Morgan fingerprint density at radius 3 is 2.50 bits per heavy atom. The molecule has 1 atom stereocenters. The molecule has 162 valence electrons. The largest absolute Gasteiger partial charge is 0.492 e. The van der Waals surface area contributed by atoms with Crippen LogP contribution in [-0.2, 0) is 16.4 Å². The quantitative estimate of drug-likeness (QED) is 0.659. The van der Waals surface area contributed by atoms with Crippen LogP contribution in [-0.4, -0.2) is 44.4 Å². The Balaban J connectivity index is 1.74. The van der Waals surface area contributed by atoms with Gasteiger partial charge in [-0.25, -0.2) is 8.42 Å². The third-order valence-electron chi connectivity index (χ3n) is 5.27. The number of sulfonamides is 1. The Morgan fingerprint density at radius 2 is 1.83 bits per heavy atom. The summed E-state index contributed by atoms with van der Waals surface area (Å²) in [5.41, 5.74) is 1.54. The second-order valence-electron chi connectivity index (χ2n) is 7.60. The molecule has 0 spiro atoms. The number of rotatable bonds is 9. The van der Waals surface area contributed by atoms with Crippen LogP contribution in [0.2, 0.25) is 0 Å². The van der Waals surface area contributed by atoms with Crippen LogP contribution in [0.3, 0.4) is 0 Å². The van der Waals surface area contributed by atoms with E-state index in [0.29, 0.717) is 25.3 Å². The lowest BCUT2D eigenvalue weighted by Crippen LogP contribution is -2.33. The van der Waals surface area contributed by atoms with E-state index in [4.69, 9.17) is 4.74 Å². The molecule has 0 radical (unpaired) electrons. The smallest absolute Gasteiger partial charge is 0.251 e. The maximum atomic E-state index is 13.1. The molecule has 0 unspecified atom stereocenters. The molecule has 1 saturated heterocycles. The first-order valence-electron chi connectivity index (χ1n) is 10.5. The topological polar surface area (TPSA) is 75.7 Å². The highest BCUT2D eigenvalue weighted by molar-refractivity contribution is 7.89. The Hall–Kier alpha value is -2.38. The van der Waals surface area contributed by atoms with E-state index in [-0.39, 0.29) is 22.6 Å². The number of aryl methyl sites for hydroxylation is 1. The van der Waals surface area contributed by atoms with Crippen LogP contribution >= 0.6 is 0 Å². The van der Waals surface area contributed by atoms with Crippen molar-refractivity contribution in [2.45, 2.75) is 50.5 Å². The van der Waals surface area contributed by atoms with Gasteiger partial charge in [-0.2, -0.15) is 4.31 Å². The first-order chi connectivity index (χ1) is 14.4. The van der Waals surface area contributed by atoms with E-state index >= 15 is 0 Å². The molecule has 1 aliphatic heterocycles. The molecule has 2 aromatic rings. The van der Waals surface area contributed by atoms with E-state index in [1.807, 2.05) is 25.1 Å². The molecule has 7 heteroatoms. The number of nitrogens with zero attached hydrogens (tertiary/aromatic N) is 1. The molecule has 1 amide bonds. The molecule has 0 aliphatic carbocycles. The second-order valence-corrected chi connectivity index (χ2v) is 9.51. The minimum Gasteiger partial charge on any atom is -0.492 e. The summed E-state index contributed by atoms with van der Waals surface area (Å²) in [6.07, 6.45) is 3.36. The zero-order chi connectivity index (χ0) is 21.6. The highest BCUT2D eigenvalue weighted by atomic mass is 32.2. The summed E-state index contributed by atoms with van der Waals surface area (Å²) in [5, 5.41) is 2.98. The summed E-state index contributed by atoms with van der Waals surface area (Å²) in [4.78, 5) is 12.8. The third-order valence-corrected chi connectivity index (χ3v) is 7.19. The predicted octanol–water partition coefficient (Wildman–Crippen LogP) is 3.62. The first-order valence-corrected chi connectivity index (χ1v) is 12.0. The molecule has 1 fully saturated rings. The van der Waals surface area contributed by atoms with Gasteiger partial charge in [-0.05, 0) is 63.3 Å². The highest BCUT2D eigenvalue weighted by Gasteiger charge is 2.31. The molecule has 6 nitrogen and oxygen atoms in total. The number of carbonyl (C=O) groups is 1. The zero-order valence-electron chi connectivity index (χ0n) is 17.6. The third kappa shape index (κ3) is 5.40. The van der Waals surface area contributed by atoms with E-state index in [9.17, 15) is 13.2 Å². The first kappa shape index (κ1) is 22.3. The second kappa shape index (κ2) is 10.1. The molecule has 0 aromatic heterocycles. The fraction of sp³-hybridized carbons (Fsp3) is 0.435. The number of hydrogen-bond donors (Lipinski definition) is 1. The maximum Gasteiger partial charge on any atom is 0.251 e. The molecule has 1 heterocycles. The predicted molar refractivity (Wildman–Crippen MR) is 117 cm³/mol. The Kier molecular flexibility index (Phi) is 7.50. The number of nitrogens with one attached hydrogen (secondary N) is 1. The minimum atomic E-state index is -3.69. The lowest BCUT2D eigenvalue weighted by atomic mass is 10.1. The van der Waals surface area contributed by atoms with Crippen molar-refractivity contribution in [1.29, 1.82) is 0 Å². The molecule has 2 aromatic carbocycles. The van der Waals surface area contributed by atoms with Crippen molar-refractivity contribution >= 4 is 15.9 Å². The van der Waals surface area contributed by atoms with Gasteiger partial charge in [-0.3, -0.25) is 4.79 Å². The SMILES string of the molecule is CCOc1ccc(C(=O)N[C@H](C)CCc2ccccc2)cc1S(=O)(=O)N1CCCC1. The number of ether oxygens (including phenoxy) is 1. The molecule has 1 N–H and O–H groups in total. The van der Waals surface area contributed by atoms with Crippen molar-refractivity contribution in [2.24, 2.45) is 0 Å². The molecular weight excluding hydrogens is 400 g/mol. The fourth-order valence-electron chi connectivity index (χ4n) is 3.60. The molecule has 3 rings (SSSR count). The van der Waals surface area contributed by atoms with Gasteiger partial charge in [0.15, 0.2) is 0 Å². The number of benzene rings is 2. The summed E-state index contributed by atoms with van der Waals surface area (Å²) in [5.74, 6) is 0.00885. The maximum absolute atomic E-state index is 13.1. The van der Waals surface area contributed by atoms with E-state index in [1.54, 1.807) is 19.1 Å². The van der Waals surface area contributed by atoms with Gasteiger partial charge in [0.2, 0.25) is 10.0 Å². The lowest BCUT2D eigenvalue weighted by Gasteiger charge is -2.19. The minimum absolute atomic E-state index is 0.0390. The number of carbonyl (C=O) groups excluding carboxylic acids is 1. The number of amides is 1. The van der Waals surface area contributed by atoms with Gasteiger partial charge >= 0.3 is 0 Å². The van der Waals surface area contributed by atoms with Crippen molar-refractivity contribution in [3.05, 3.63) is 59.7 Å². The van der Waals surface area contributed by atoms with Crippen LogP contribution in [0.15, 0.2) is 53.4 Å². The molecule has 0 bridgehead atoms. The van der Waals surface area contributed by atoms with Gasteiger partial charge in [0, 0.05) is 24.7 Å². The van der Waals surface area contributed by atoms with Gasteiger partial charge in [0.25, 0.3) is 5.91 Å². The van der Waals surface area contributed by atoms with Gasteiger partial charge in [0.1, 0.15) is 10.6 Å². The molecule has 0 saturated carbocycles. The average Bonchev–Trinajstić information content (AvgIpc) is 3.29. The van der Waals surface area contributed by atoms with Crippen LogP contribution in [0.25, 0.3) is 0 Å². The Bertz CT molecular complexity index is 954. The number of hydrogen-bond acceptors (Lipinski definition) is 4. The Morgan fingerprint density at radius 1 is 1.13 bits per heavy atom. The van der Waals surface area contributed by atoms with Crippen molar-refractivity contribution in [1.82, 2.24) is 9.62 Å². The normalized spacial score (nSPS) is 15.7. The van der Waals surface area contributed by atoms with Crippen LogP contribution in [0.4, 0.5) is 0 Å². The zero-order valence-corrected chi connectivity index (χ0v) is 18.5. The van der Waals surface area contributed by atoms with Gasteiger partial charge in [0.05, 0.1) is 6.61 Å². The summed E-state index contributed by atoms with van der Waals surface area (Å²) in [6, 6.07) is 14.7. The molecule has 30 heavy (non-hydrogen) atoms. The van der Waals surface area contributed by atoms with Gasteiger partial charge in [-0.15, -0.1) is 0 Å². The van der Waals surface area contributed by atoms with Crippen molar-refractivity contribution < 1.29 is 17.9 Å². The fourth-order valence-corrected chi connectivity index (χ4v) is 5.27. The monoisotopic (exact) mass is 430 g/mol. The summed E-state index contributed by atoms with van der Waals surface area (Å²) in [6.45, 7) is 5.12. The van der Waals surface area contributed by atoms with E-state index in [1.165, 1.54) is 15.9 Å². The van der Waals surface area contributed by atoms with Gasteiger partial charge in [-0.1, -0.05) is 30.3 Å². The van der Waals surface area contributed by atoms with E-state index in [2.05, 4.69) is 17.4 Å². The van der Waals surface area contributed by atoms with Crippen molar-refractivity contribution in [3.63, 3.8) is 0 Å². The molecular formula is C23H30N2O4S. The van der Waals surface area contributed by atoms with Crippen molar-refractivity contribution in [2.75, 3.05) is 19.7 Å². The summed E-state index contributed by atoms with van der Waals surface area (Å²) >= 11 is 0. The highest BCUT2D eigenvalue weighted by Crippen LogP contribution is 2.30. The van der Waals surface area contributed by atoms with Crippen molar-refractivity contribution in [3.8, 4) is 5.75 Å². The average molecular weight is 431 g/mol. The van der Waals surface area contributed by atoms with Gasteiger partial charge < -0.3 is 10.1 Å². The summed E-state index contributed by atoms with van der Waals surface area (Å²) < 4.78 is 33.2. The van der Waals surface area contributed by atoms with E-state index < -0.39 is 10.0 Å². The Labute approximate surface area is 179 Å². The van der Waals surface area contributed by atoms with Crippen LogP contribution < -0.4 is 10.1 Å². The van der Waals surface area contributed by atoms with Crippen LogP contribution in [0.1, 0.15) is 49.0 Å². The lowest BCUT2D eigenvalue weighted by molar-refractivity contribution is 0.0938. The van der Waals surface area contributed by atoms with E-state index in [0.717, 1.165) is 25.7 Å². The standard InChI is InChI=1S/C23H30N2O4S/c1-3-29-21-14-13-20(17-22(21)30(27,28)25-15-7-8-16-25)23(26)24-18(2)11-12-19-9-5-4-6-10-19/h4-6,9-10,13-14,17-18H,3,7-8,11-12,15-16H2,1-2H3,(H,24,26)/t18-/m1/s1. The van der Waals surface area contributed by atoms with Crippen LogP contribution in [0.5, 0.6) is 5.75 Å². The molecule has 1 aliphatic rings. The summed E-state index contributed by atoms with van der Waals surface area (Å²) in [7, 11) is -3.69. The van der Waals surface area contributed by atoms with Crippen LogP contribution in [0, 0.1) is 0 Å².